The van der Waals surface area contributed by atoms with Gasteiger partial charge in [0.2, 0.25) is 5.95 Å². The smallest absolute Gasteiger partial charge is 0.340 e. The summed E-state index contributed by atoms with van der Waals surface area (Å²) in [5.41, 5.74) is 2.65. The van der Waals surface area contributed by atoms with Crippen LogP contribution in [0, 0.1) is 0 Å². The molecule has 3 rings (SSSR count). The van der Waals surface area contributed by atoms with Crippen molar-refractivity contribution < 1.29 is 9.53 Å². The van der Waals surface area contributed by atoms with Crippen molar-refractivity contribution in [3.05, 3.63) is 66.2 Å². The van der Waals surface area contributed by atoms with Crippen LogP contribution in [0.15, 0.2) is 60.7 Å². The van der Waals surface area contributed by atoms with E-state index in [0.717, 1.165) is 11.3 Å². The number of aromatic nitrogens is 2. The summed E-state index contributed by atoms with van der Waals surface area (Å²) in [4.78, 5) is 21.6. The number of hydrogen-bond acceptors (Lipinski definition) is 6. The van der Waals surface area contributed by atoms with E-state index in [4.69, 9.17) is 4.74 Å². The molecule has 3 aromatic rings. The van der Waals surface area contributed by atoms with Gasteiger partial charge < -0.3 is 15.4 Å². The van der Waals surface area contributed by atoms with Crippen LogP contribution in [0.2, 0.25) is 0 Å². The average molecular weight is 390 g/mol. The van der Waals surface area contributed by atoms with Crippen LogP contribution in [0.1, 0.15) is 38.1 Å². The van der Waals surface area contributed by atoms with Crippen LogP contribution >= 0.6 is 0 Å². The van der Waals surface area contributed by atoms with Crippen LogP contribution in [0.5, 0.6) is 0 Å². The van der Waals surface area contributed by atoms with E-state index in [9.17, 15) is 4.79 Å². The Labute approximate surface area is 171 Å². The fourth-order valence-corrected chi connectivity index (χ4v) is 2.78. The molecule has 0 bridgehead atoms. The van der Waals surface area contributed by atoms with E-state index in [1.165, 1.54) is 0 Å². The monoisotopic (exact) mass is 390 g/mol. The van der Waals surface area contributed by atoms with E-state index >= 15 is 0 Å². The highest BCUT2D eigenvalue weighted by Gasteiger charge is 2.16. The molecule has 29 heavy (non-hydrogen) atoms. The molecule has 2 aromatic carbocycles. The number of ether oxygens (including phenoxy) is 1. The Bertz CT molecular complexity index is 982. The van der Waals surface area contributed by atoms with Gasteiger partial charge in [-0.1, -0.05) is 42.5 Å². The maximum atomic E-state index is 12.3. The first-order valence-electron chi connectivity index (χ1n) is 9.61. The third-order valence-corrected chi connectivity index (χ3v) is 3.97. The summed E-state index contributed by atoms with van der Waals surface area (Å²) < 4.78 is 5.16. The molecule has 0 aliphatic rings. The maximum Gasteiger partial charge on any atom is 0.340 e. The second kappa shape index (κ2) is 8.73. The first-order chi connectivity index (χ1) is 13.9. The number of nitrogens with one attached hydrogen (secondary N) is 2. The van der Waals surface area contributed by atoms with Gasteiger partial charge in [0.1, 0.15) is 5.82 Å². The molecular weight excluding hydrogens is 364 g/mol. The van der Waals surface area contributed by atoms with Crippen LogP contribution in [0.4, 0.5) is 17.5 Å². The molecule has 0 saturated carbocycles. The lowest BCUT2D eigenvalue weighted by Gasteiger charge is -2.21. The molecule has 0 radical (unpaired) electrons. The molecule has 6 nitrogen and oxygen atoms in total. The first-order valence-corrected chi connectivity index (χ1v) is 9.61. The van der Waals surface area contributed by atoms with Gasteiger partial charge in [0.15, 0.2) is 0 Å². The van der Waals surface area contributed by atoms with Crippen molar-refractivity contribution >= 4 is 23.4 Å². The Morgan fingerprint density at radius 3 is 2.38 bits per heavy atom. The highest BCUT2D eigenvalue weighted by molar-refractivity contribution is 5.96. The zero-order chi connectivity index (χ0) is 20.9. The minimum Gasteiger partial charge on any atom is -0.462 e. The van der Waals surface area contributed by atoms with E-state index in [1.807, 2.05) is 48.5 Å². The van der Waals surface area contributed by atoms with Crippen molar-refractivity contribution in [1.29, 1.82) is 0 Å². The summed E-state index contributed by atoms with van der Waals surface area (Å²) in [6.07, 6.45) is 0. The highest BCUT2D eigenvalue weighted by Crippen LogP contribution is 2.26. The summed E-state index contributed by atoms with van der Waals surface area (Å²) in [6.45, 7) is 8.26. The standard InChI is InChI=1S/C23H26N4O2/c1-5-29-21(28)17-13-9-10-14-18(17)24-20-15-19(16-11-7-6-8-12-16)25-22(26-20)27-23(2,3)4/h6-15H,5H2,1-4H3,(H2,24,25,26,27). The molecule has 0 spiro atoms. The Balaban J connectivity index is 2.01. The van der Waals surface area contributed by atoms with Gasteiger partial charge in [-0.15, -0.1) is 0 Å². The summed E-state index contributed by atoms with van der Waals surface area (Å²) in [5, 5.41) is 6.58. The van der Waals surface area contributed by atoms with E-state index < -0.39 is 0 Å². The molecule has 0 aliphatic heterocycles. The van der Waals surface area contributed by atoms with Gasteiger partial charge in [-0.05, 0) is 39.8 Å². The molecule has 0 aliphatic carbocycles. The number of esters is 1. The van der Waals surface area contributed by atoms with Crippen molar-refractivity contribution in [3.63, 3.8) is 0 Å². The molecule has 150 valence electrons. The minimum atomic E-state index is -0.374. The van der Waals surface area contributed by atoms with E-state index in [1.54, 1.807) is 19.1 Å². The molecule has 0 amide bonds. The fraction of sp³-hybridized carbons (Fsp3) is 0.261. The number of anilines is 3. The van der Waals surface area contributed by atoms with Crippen molar-refractivity contribution in [1.82, 2.24) is 9.97 Å². The van der Waals surface area contributed by atoms with Crippen LogP contribution in [-0.2, 0) is 4.74 Å². The molecule has 0 unspecified atom stereocenters. The van der Waals surface area contributed by atoms with Crippen molar-refractivity contribution in [2.75, 3.05) is 17.2 Å². The zero-order valence-electron chi connectivity index (χ0n) is 17.2. The fourth-order valence-electron chi connectivity index (χ4n) is 2.78. The Morgan fingerprint density at radius 2 is 1.69 bits per heavy atom. The quantitative estimate of drug-likeness (QED) is 0.558. The molecule has 1 aromatic heterocycles. The Kier molecular flexibility index (Phi) is 6.12. The normalized spacial score (nSPS) is 11.0. The van der Waals surface area contributed by atoms with Crippen molar-refractivity contribution in [3.8, 4) is 11.3 Å². The van der Waals surface area contributed by atoms with Gasteiger partial charge in [-0.25, -0.2) is 9.78 Å². The molecule has 1 heterocycles. The Hall–Kier alpha value is -3.41. The molecule has 0 saturated heterocycles. The number of benzene rings is 2. The largest absolute Gasteiger partial charge is 0.462 e. The zero-order valence-corrected chi connectivity index (χ0v) is 17.2. The highest BCUT2D eigenvalue weighted by atomic mass is 16.5. The van der Waals surface area contributed by atoms with E-state index in [0.29, 0.717) is 29.6 Å². The van der Waals surface area contributed by atoms with Gasteiger partial charge in [-0.3, -0.25) is 0 Å². The summed E-state index contributed by atoms with van der Waals surface area (Å²) in [5.74, 6) is 0.721. The predicted molar refractivity (Wildman–Crippen MR) is 117 cm³/mol. The molecule has 6 heteroatoms. The summed E-state index contributed by atoms with van der Waals surface area (Å²) in [6, 6.07) is 19.0. The second-order valence-electron chi connectivity index (χ2n) is 7.59. The number of hydrogen-bond donors (Lipinski definition) is 2. The lowest BCUT2D eigenvalue weighted by atomic mass is 10.1. The van der Waals surface area contributed by atoms with Crippen LogP contribution in [0.25, 0.3) is 11.3 Å². The van der Waals surface area contributed by atoms with Gasteiger partial charge in [-0.2, -0.15) is 4.98 Å². The third kappa shape index (κ3) is 5.54. The topological polar surface area (TPSA) is 76.1 Å². The number of carbonyl (C=O) groups is 1. The Morgan fingerprint density at radius 1 is 1.00 bits per heavy atom. The first kappa shape index (κ1) is 20.3. The van der Waals surface area contributed by atoms with Crippen LogP contribution in [0.3, 0.4) is 0 Å². The van der Waals surface area contributed by atoms with Crippen molar-refractivity contribution in [2.45, 2.75) is 33.2 Å². The SMILES string of the molecule is CCOC(=O)c1ccccc1Nc1cc(-c2ccccc2)nc(NC(C)(C)C)n1. The van der Waals surface area contributed by atoms with Gasteiger partial charge in [0.05, 0.1) is 23.6 Å². The molecular formula is C23H26N4O2. The number of nitrogens with zero attached hydrogens (tertiary/aromatic N) is 2. The molecule has 0 fully saturated rings. The maximum absolute atomic E-state index is 12.3. The average Bonchev–Trinajstić information content (AvgIpc) is 2.68. The van der Waals surface area contributed by atoms with Crippen molar-refractivity contribution in [2.24, 2.45) is 0 Å². The lowest BCUT2D eigenvalue weighted by molar-refractivity contribution is 0.0527. The minimum absolute atomic E-state index is 0.199. The molecule has 2 N–H and O–H groups in total. The summed E-state index contributed by atoms with van der Waals surface area (Å²) in [7, 11) is 0. The van der Waals surface area contributed by atoms with E-state index in [2.05, 4.69) is 41.4 Å². The number of carbonyl (C=O) groups excluding carboxylic acids is 1. The predicted octanol–water partition coefficient (Wildman–Crippen LogP) is 5.27. The lowest BCUT2D eigenvalue weighted by Crippen LogP contribution is -2.27. The van der Waals surface area contributed by atoms with Gasteiger partial charge >= 0.3 is 5.97 Å². The van der Waals surface area contributed by atoms with Crippen LogP contribution in [-0.4, -0.2) is 28.1 Å². The van der Waals surface area contributed by atoms with E-state index in [-0.39, 0.29) is 11.5 Å². The van der Waals surface area contributed by atoms with Gasteiger partial charge in [0.25, 0.3) is 0 Å². The number of para-hydroxylation sites is 1. The second-order valence-corrected chi connectivity index (χ2v) is 7.59. The summed E-state index contributed by atoms with van der Waals surface area (Å²) >= 11 is 0. The van der Waals surface area contributed by atoms with Crippen LogP contribution < -0.4 is 10.6 Å². The third-order valence-electron chi connectivity index (χ3n) is 3.97. The number of rotatable bonds is 6. The molecule has 0 atom stereocenters. The van der Waals surface area contributed by atoms with Gasteiger partial charge in [0, 0.05) is 17.2 Å².